The molecule has 0 radical (unpaired) electrons. The second-order valence-electron chi connectivity index (χ2n) is 5.16. The largest absolute Gasteiger partial charge is 0.329 e. The summed E-state index contributed by atoms with van der Waals surface area (Å²) in [5.41, 5.74) is 7.03. The van der Waals surface area contributed by atoms with Crippen LogP contribution in [0.15, 0.2) is 24.3 Å². The molecule has 1 saturated heterocycles. The molecule has 0 bridgehead atoms. The summed E-state index contributed by atoms with van der Waals surface area (Å²) in [5.74, 6) is 0. The topological polar surface area (TPSA) is 29.3 Å². The van der Waals surface area contributed by atoms with Crippen LogP contribution in [-0.2, 0) is 0 Å². The van der Waals surface area contributed by atoms with Gasteiger partial charge in [0.25, 0.3) is 6.43 Å². The Bertz CT molecular complexity index is 392. The van der Waals surface area contributed by atoms with E-state index in [1.165, 1.54) is 25.0 Å². The number of alkyl halides is 2. The first kappa shape index (κ1) is 14.4. The number of rotatable bonds is 5. The summed E-state index contributed by atoms with van der Waals surface area (Å²) in [4.78, 5) is 2.43. The van der Waals surface area contributed by atoms with E-state index in [2.05, 4.69) is 11.8 Å². The number of nitrogens with zero attached hydrogens (tertiary/aromatic N) is 1. The number of hydrogen-bond donors (Lipinski definition) is 1. The first-order valence-electron chi connectivity index (χ1n) is 7.01. The molecule has 19 heavy (non-hydrogen) atoms. The highest BCUT2D eigenvalue weighted by atomic mass is 19.3. The van der Waals surface area contributed by atoms with Crippen molar-refractivity contribution in [2.75, 3.05) is 13.1 Å². The average Bonchev–Trinajstić information content (AvgIpc) is 2.88. The fourth-order valence-electron chi connectivity index (χ4n) is 3.03. The maximum atomic E-state index is 12.6. The molecule has 1 aliphatic rings. The molecule has 0 amide bonds. The minimum atomic E-state index is -2.40. The zero-order chi connectivity index (χ0) is 13.8. The number of hydrogen-bond acceptors (Lipinski definition) is 2. The fourth-order valence-corrected chi connectivity index (χ4v) is 3.03. The molecule has 1 aliphatic heterocycles. The van der Waals surface area contributed by atoms with Crippen LogP contribution in [0.5, 0.6) is 0 Å². The molecule has 2 N–H and O–H groups in total. The quantitative estimate of drug-likeness (QED) is 0.885. The van der Waals surface area contributed by atoms with Crippen molar-refractivity contribution in [2.45, 2.75) is 44.7 Å². The number of nitrogens with two attached hydrogens (primary N) is 1. The molecule has 1 fully saturated rings. The molecule has 106 valence electrons. The van der Waals surface area contributed by atoms with Gasteiger partial charge in [0.1, 0.15) is 0 Å². The molecule has 1 aromatic carbocycles. The molecule has 0 saturated carbocycles. The van der Waals surface area contributed by atoms with Crippen molar-refractivity contribution in [3.63, 3.8) is 0 Å². The van der Waals surface area contributed by atoms with E-state index in [1.807, 2.05) is 0 Å². The van der Waals surface area contributed by atoms with Crippen LogP contribution in [0, 0.1) is 0 Å². The van der Waals surface area contributed by atoms with Gasteiger partial charge in [-0.2, -0.15) is 0 Å². The van der Waals surface area contributed by atoms with Gasteiger partial charge in [0, 0.05) is 24.2 Å². The van der Waals surface area contributed by atoms with Crippen LogP contribution in [0.25, 0.3) is 0 Å². The van der Waals surface area contributed by atoms with Crippen molar-refractivity contribution in [3.05, 3.63) is 35.4 Å². The minimum Gasteiger partial charge on any atom is -0.329 e. The zero-order valence-corrected chi connectivity index (χ0v) is 11.4. The van der Waals surface area contributed by atoms with Crippen molar-refractivity contribution < 1.29 is 8.78 Å². The van der Waals surface area contributed by atoms with E-state index in [-0.39, 0.29) is 11.6 Å². The van der Waals surface area contributed by atoms with Gasteiger partial charge in [-0.3, -0.25) is 4.90 Å². The highest BCUT2D eigenvalue weighted by Gasteiger charge is 2.29. The molecule has 0 aliphatic carbocycles. The van der Waals surface area contributed by atoms with Crippen molar-refractivity contribution >= 4 is 0 Å². The Morgan fingerprint density at radius 2 is 1.89 bits per heavy atom. The van der Waals surface area contributed by atoms with Gasteiger partial charge in [0.05, 0.1) is 0 Å². The van der Waals surface area contributed by atoms with Gasteiger partial charge in [-0.05, 0) is 31.4 Å². The summed E-state index contributed by atoms with van der Waals surface area (Å²) in [6.45, 7) is 3.78. The van der Waals surface area contributed by atoms with Crippen molar-refractivity contribution in [2.24, 2.45) is 5.73 Å². The summed E-state index contributed by atoms with van der Waals surface area (Å²) in [6, 6.07) is 7.34. The Balaban J connectivity index is 2.17. The summed E-state index contributed by atoms with van der Waals surface area (Å²) in [5, 5.41) is 0. The molecule has 2 atom stereocenters. The summed E-state index contributed by atoms with van der Waals surface area (Å²) >= 11 is 0. The molecule has 2 nitrogen and oxygen atoms in total. The van der Waals surface area contributed by atoms with Crippen LogP contribution in [0.4, 0.5) is 8.78 Å². The molecule has 2 rings (SSSR count). The number of halogens is 2. The summed E-state index contributed by atoms with van der Waals surface area (Å²) in [7, 11) is 0. The molecular weight excluding hydrogens is 246 g/mol. The van der Waals surface area contributed by atoms with Crippen LogP contribution in [0.2, 0.25) is 0 Å². The second-order valence-corrected chi connectivity index (χ2v) is 5.16. The summed E-state index contributed by atoms with van der Waals surface area (Å²) < 4.78 is 25.1. The predicted molar refractivity (Wildman–Crippen MR) is 73.2 cm³/mol. The van der Waals surface area contributed by atoms with Crippen molar-refractivity contribution in [1.82, 2.24) is 4.90 Å². The normalized spacial score (nSPS) is 22.1. The molecule has 0 spiro atoms. The second kappa shape index (κ2) is 6.44. The highest BCUT2D eigenvalue weighted by Crippen LogP contribution is 2.31. The number of benzene rings is 1. The first-order valence-corrected chi connectivity index (χ1v) is 7.01. The van der Waals surface area contributed by atoms with E-state index in [0.29, 0.717) is 12.6 Å². The number of likely N-dealkylation sites (tertiary alicyclic amines) is 1. The molecule has 1 heterocycles. The SMILES string of the molecule is CCC1CCCN1C(CN)c1ccc(C(F)F)cc1. The van der Waals surface area contributed by atoms with E-state index in [9.17, 15) is 8.78 Å². The lowest BCUT2D eigenvalue weighted by Gasteiger charge is -2.32. The highest BCUT2D eigenvalue weighted by molar-refractivity contribution is 5.26. The Morgan fingerprint density at radius 1 is 1.26 bits per heavy atom. The zero-order valence-electron chi connectivity index (χ0n) is 11.4. The Labute approximate surface area is 113 Å². The van der Waals surface area contributed by atoms with E-state index in [0.717, 1.165) is 18.5 Å². The van der Waals surface area contributed by atoms with Crippen molar-refractivity contribution in [3.8, 4) is 0 Å². The predicted octanol–water partition coefficient (Wildman–Crippen LogP) is 3.50. The van der Waals surface area contributed by atoms with Crippen molar-refractivity contribution in [1.29, 1.82) is 0 Å². The average molecular weight is 268 g/mol. The van der Waals surface area contributed by atoms with Gasteiger partial charge < -0.3 is 5.73 Å². The van der Waals surface area contributed by atoms with Gasteiger partial charge in [-0.25, -0.2) is 8.78 Å². The maximum absolute atomic E-state index is 12.6. The van der Waals surface area contributed by atoms with Crippen LogP contribution in [0.1, 0.15) is 49.8 Å². The molecule has 0 aromatic heterocycles. The minimum absolute atomic E-state index is 0.0768. The van der Waals surface area contributed by atoms with Gasteiger partial charge in [0.2, 0.25) is 0 Å². The lowest BCUT2D eigenvalue weighted by Crippen LogP contribution is -2.37. The molecule has 4 heteroatoms. The van der Waals surface area contributed by atoms with E-state index < -0.39 is 6.43 Å². The van der Waals surface area contributed by atoms with Crippen LogP contribution in [-0.4, -0.2) is 24.0 Å². The van der Waals surface area contributed by atoms with Gasteiger partial charge in [-0.1, -0.05) is 31.2 Å². The monoisotopic (exact) mass is 268 g/mol. The first-order chi connectivity index (χ1) is 9.17. The standard InChI is InChI=1S/C15H22F2N2/c1-2-13-4-3-9-19(13)14(10-18)11-5-7-12(8-6-11)15(16)17/h5-8,13-15H,2-4,9-10,18H2,1H3. The Kier molecular flexibility index (Phi) is 4.88. The van der Waals surface area contributed by atoms with Gasteiger partial charge >= 0.3 is 0 Å². The summed E-state index contributed by atoms with van der Waals surface area (Å²) in [6.07, 6.45) is 1.12. The van der Waals surface area contributed by atoms with E-state index in [1.54, 1.807) is 12.1 Å². The Morgan fingerprint density at radius 3 is 2.42 bits per heavy atom. The van der Waals surface area contributed by atoms with E-state index in [4.69, 9.17) is 5.73 Å². The lowest BCUT2D eigenvalue weighted by molar-refractivity contribution is 0.151. The Hall–Kier alpha value is -1.00. The maximum Gasteiger partial charge on any atom is 0.263 e. The van der Waals surface area contributed by atoms with Crippen LogP contribution in [0.3, 0.4) is 0 Å². The van der Waals surface area contributed by atoms with Crippen LogP contribution >= 0.6 is 0 Å². The molecular formula is C15H22F2N2. The third-order valence-electron chi connectivity index (χ3n) is 4.09. The third kappa shape index (κ3) is 3.12. The van der Waals surface area contributed by atoms with E-state index >= 15 is 0 Å². The van der Waals surface area contributed by atoms with Crippen LogP contribution < -0.4 is 5.73 Å². The molecule has 2 unspecified atom stereocenters. The van der Waals surface area contributed by atoms with Gasteiger partial charge in [-0.15, -0.1) is 0 Å². The smallest absolute Gasteiger partial charge is 0.263 e. The lowest BCUT2D eigenvalue weighted by atomic mass is 10.0. The van der Waals surface area contributed by atoms with Gasteiger partial charge in [0.15, 0.2) is 0 Å². The fraction of sp³-hybridized carbons (Fsp3) is 0.600. The molecule has 1 aromatic rings. The third-order valence-corrected chi connectivity index (χ3v) is 4.09.